The number of carbonyl (C=O) groups is 1. The summed E-state index contributed by atoms with van der Waals surface area (Å²) in [7, 11) is 0. The zero-order valence-corrected chi connectivity index (χ0v) is 17.8. The van der Waals surface area contributed by atoms with E-state index < -0.39 is 0 Å². The van der Waals surface area contributed by atoms with Gasteiger partial charge in [0, 0.05) is 17.4 Å². The van der Waals surface area contributed by atoms with Crippen LogP contribution in [0.4, 0.5) is 5.13 Å². The number of thiazole rings is 1. The minimum absolute atomic E-state index is 0.00209. The molecule has 6 heteroatoms. The largest absolute Gasteiger partial charge is 0.283 e. The summed E-state index contributed by atoms with van der Waals surface area (Å²) in [5.74, 6) is 0.00209. The lowest BCUT2D eigenvalue weighted by molar-refractivity contribution is -0.118. The van der Waals surface area contributed by atoms with Crippen molar-refractivity contribution in [3.8, 4) is 0 Å². The normalized spacial score (nSPS) is 11.0. The van der Waals surface area contributed by atoms with E-state index in [9.17, 15) is 4.79 Å². The first kappa shape index (κ1) is 19.6. The molecule has 146 valence electrons. The Morgan fingerprint density at radius 3 is 2.69 bits per heavy atom. The van der Waals surface area contributed by atoms with E-state index in [-0.39, 0.29) is 5.91 Å². The van der Waals surface area contributed by atoms with Crippen molar-refractivity contribution < 1.29 is 4.79 Å². The molecule has 0 radical (unpaired) electrons. The minimum Gasteiger partial charge on any atom is -0.283 e. The molecule has 4 nitrogen and oxygen atoms in total. The second-order valence-corrected chi connectivity index (χ2v) is 8.49. The molecule has 0 aliphatic heterocycles. The van der Waals surface area contributed by atoms with Crippen molar-refractivity contribution in [1.29, 1.82) is 0 Å². The van der Waals surface area contributed by atoms with Gasteiger partial charge >= 0.3 is 0 Å². The lowest BCUT2D eigenvalue weighted by Crippen LogP contribution is -2.31. The Kier molecular flexibility index (Phi) is 5.60. The Labute approximate surface area is 178 Å². The van der Waals surface area contributed by atoms with Crippen LogP contribution < -0.4 is 4.90 Å². The fraction of sp³-hybridized carbons (Fsp3) is 0.174. The van der Waals surface area contributed by atoms with Gasteiger partial charge in [-0.25, -0.2) is 4.98 Å². The SMILES string of the molecule is Cc1ccc(CC(=O)N(Cc2cccnc2)c2nc3ccc(Cl)cc3s2)cc1C. The number of nitrogens with zero attached hydrogens (tertiary/aromatic N) is 3. The molecule has 29 heavy (non-hydrogen) atoms. The van der Waals surface area contributed by atoms with Gasteiger partial charge in [0.2, 0.25) is 5.91 Å². The fourth-order valence-electron chi connectivity index (χ4n) is 3.12. The van der Waals surface area contributed by atoms with Crippen LogP contribution in [-0.2, 0) is 17.8 Å². The van der Waals surface area contributed by atoms with E-state index in [4.69, 9.17) is 11.6 Å². The van der Waals surface area contributed by atoms with Crippen molar-refractivity contribution in [2.75, 3.05) is 4.90 Å². The molecule has 0 atom stereocenters. The molecular weight excluding hydrogens is 402 g/mol. The number of anilines is 1. The van der Waals surface area contributed by atoms with Crippen LogP contribution in [0, 0.1) is 13.8 Å². The molecule has 0 bridgehead atoms. The Morgan fingerprint density at radius 1 is 1.07 bits per heavy atom. The van der Waals surface area contributed by atoms with Crippen LogP contribution in [0.3, 0.4) is 0 Å². The van der Waals surface area contributed by atoms with Crippen molar-refractivity contribution in [1.82, 2.24) is 9.97 Å². The highest BCUT2D eigenvalue weighted by Crippen LogP contribution is 2.32. The summed E-state index contributed by atoms with van der Waals surface area (Å²) in [5.41, 5.74) is 5.20. The zero-order chi connectivity index (χ0) is 20.4. The highest BCUT2D eigenvalue weighted by molar-refractivity contribution is 7.22. The number of hydrogen-bond donors (Lipinski definition) is 0. The topological polar surface area (TPSA) is 46.1 Å². The van der Waals surface area contributed by atoms with Gasteiger partial charge in [0.25, 0.3) is 0 Å². The highest BCUT2D eigenvalue weighted by Gasteiger charge is 2.21. The fourth-order valence-corrected chi connectivity index (χ4v) is 4.38. The number of fused-ring (bicyclic) bond motifs is 1. The third kappa shape index (κ3) is 4.47. The zero-order valence-electron chi connectivity index (χ0n) is 16.2. The number of aromatic nitrogens is 2. The molecule has 4 rings (SSSR count). The number of hydrogen-bond acceptors (Lipinski definition) is 4. The van der Waals surface area contributed by atoms with Gasteiger partial charge in [-0.15, -0.1) is 0 Å². The molecule has 0 fully saturated rings. The molecule has 4 aromatic rings. The maximum atomic E-state index is 13.3. The van der Waals surface area contributed by atoms with Crippen LogP contribution in [-0.4, -0.2) is 15.9 Å². The van der Waals surface area contributed by atoms with E-state index in [0.29, 0.717) is 23.1 Å². The van der Waals surface area contributed by atoms with Gasteiger partial charge in [0.15, 0.2) is 5.13 Å². The van der Waals surface area contributed by atoms with Crippen molar-refractivity contribution in [2.24, 2.45) is 0 Å². The Morgan fingerprint density at radius 2 is 1.93 bits per heavy atom. The molecule has 0 N–H and O–H groups in total. The Hall–Kier alpha value is -2.76. The van der Waals surface area contributed by atoms with Crippen molar-refractivity contribution in [3.05, 3.63) is 88.2 Å². The van der Waals surface area contributed by atoms with Crippen LogP contribution in [0.15, 0.2) is 60.9 Å². The standard InChI is InChI=1S/C23H20ClN3OS/c1-15-5-6-17(10-16(15)2)11-22(28)27(14-18-4-3-9-25-13-18)23-26-20-8-7-19(24)12-21(20)29-23/h3-10,12-13H,11,14H2,1-2H3. The molecule has 1 amide bonds. The molecule has 0 aliphatic carbocycles. The maximum absolute atomic E-state index is 13.3. The molecule has 2 aromatic heterocycles. The average Bonchev–Trinajstić information content (AvgIpc) is 3.12. The lowest BCUT2D eigenvalue weighted by Gasteiger charge is -2.20. The first-order valence-electron chi connectivity index (χ1n) is 9.31. The number of rotatable bonds is 5. The number of pyridine rings is 1. The van der Waals surface area contributed by atoms with Gasteiger partial charge in [-0.2, -0.15) is 0 Å². The van der Waals surface area contributed by atoms with Crippen molar-refractivity contribution in [3.63, 3.8) is 0 Å². The molecular formula is C23H20ClN3OS. The van der Waals surface area contributed by atoms with E-state index in [1.54, 1.807) is 17.3 Å². The van der Waals surface area contributed by atoms with Crippen LogP contribution in [0.5, 0.6) is 0 Å². The molecule has 2 heterocycles. The van der Waals surface area contributed by atoms with E-state index in [2.05, 4.69) is 35.9 Å². The van der Waals surface area contributed by atoms with Crippen LogP contribution in [0.25, 0.3) is 10.2 Å². The van der Waals surface area contributed by atoms with E-state index in [0.717, 1.165) is 21.3 Å². The molecule has 0 spiro atoms. The van der Waals surface area contributed by atoms with Crippen LogP contribution in [0.2, 0.25) is 5.02 Å². The van der Waals surface area contributed by atoms with Gasteiger partial charge < -0.3 is 0 Å². The van der Waals surface area contributed by atoms with E-state index >= 15 is 0 Å². The Bertz CT molecular complexity index is 1170. The molecule has 0 saturated carbocycles. The van der Waals surface area contributed by atoms with Crippen LogP contribution >= 0.6 is 22.9 Å². The first-order chi connectivity index (χ1) is 14.0. The predicted octanol–water partition coefficient (Wildman–Crippen LogP) is 5.74. The third-order valence-electron chi connectivity index (χ3n) is 4.86. The van der Waals surface area contributed by atoms with Gasteiger partial charge in [0.1, 0.15) is 0 Å². The highest BCUT2D eigenvalue weighted by atomic mass is 35.5. The van der Waals surface area contributed by atoms with Crippen molar-refractivity contribution >= 4 is 44.2 Å². The van der Waals surface area contributed by atoms with Crippen molar-refractivity contribution in [2.45, 2.75) is 26.8 Å². The summed E-state index contributed by atoms with van der Waals surface area (Å²) in [4.78, 5) is 23.9. The van der Waals surface area contributed by atoms with Gasteiger partial charge in [-0.3, -0.25) is 14.7 Å². The molecule has 0 aliphatic rings. The number of amides is 1. The first-order valence-corrected chi connectivity index (χ1v) is 10.5. The summed E-state index contributed by atoms with van der Waals surface area (Å²) in [6.45, 7) is 4.56. The van der Waals surface area contributed by atoms with Gasteiger partial charge in [-0.05, 0) is 60.4 Å². The van der Waals surface area contributed by atoms with Gasteiger partial charge in [0.05, 0.1) is 23.2 Å². The molecule has 0 saturated heterocycles. The number of benzene rings is 2. The average molecular weight is 422 g/mol. The maximum Gasteiger partial charge on any atom is 0.233 e. The number of halogens is 1. The summed E-state index contributed by atoms with van der Waals surface area (Å²) >= 11 is 7.60. The minimum atomic E-state index is 0.00209. The summed E-state index contributed by atoms with van der Waals surface area (Å²) in [6, 6.07) is 15.6. The number of carbonyl (C=O) groups excluding carboxylic acids is 1. The van der Waals surface area contributed by atoms with E-state index in [1.807, 2.05) is 36.4 Å². The second-order valence-electron chi connectivity index (χ2n) is 7.05. The van der Waals surface area contributed by atoms with Gasteiger partial charge in [-0.1, -0.05) is 47.2 Å². The quantitative estimate of drug-likeness (QED) is 0.413. The molecule has 0 unspecified atom stereocenters. The summed E-state index contributed by atoms with van der Waals surface area (Å²) < 4.78 is 0.961. The van der Waals surface area contributed by atoms with E-state index in [1.165, 1.54) is 22.5 Å². The second kappa shape index (κ2) is 8.31. The molecule has 2 aromatic carbocycles. The summed E-state index contributed by atoms with van der Waals surface area (Å²) in [5, 5.41) is 1.33. The Balaban J connectivity index is 1.68. The number of aryl methyl sites for hydroxylation is 2. The smallest absolute Gasteiger partial charge is 0.233 e. The van der Waals surface area contributed by atoms with Crippen LogP contribution in [0.1, 0.15) is 22.3 Å². The summed E-state index contributed by atoms with van der Waals surface area (Å²) in [6.07, 6.45) is 3.82. The third-order valence-corrected chi connectivity index (χ3v) is 6.14. The predicted molar refractivity (Wildman–Crippen MR) is 120 cm³/mol. The lowest BCUT2D eigenvalue weighted by atomic mass is 10.0. The monoisotopic (exact) mass is 421 g/mol.